The van der Waals surface area contributed by atoms with Crippen molar-refractivity contribution < 1.29 is 0 Å². The molecule has 2 aliphatic carbocycles. The Morgan fingerprint density at radius 2 is 2.00 bits per heavy atom. The van der Waals surface area contributed by atoms with Gasteiger partial charge in [0.15, 0.2) is 0 Å². The zero-order chi connectivity index (χ0) is 10.1. The summed E-state index contributed by atoms with van der Waals surface area (Å²) in [5.41, 5.74) is 4.90. The number of hydrogen-bond acceptors (Lipinski definition) is 1. The van der Waals surface area contributed by atoms with Gasteiger partial charge in [-0.2, -0.15) is 0 Å². The number of allylic oxidation sites excluding steroid dienone is 2. The summed E-state index contributed by atoms with van der Waals surface area (Å²) in [6.45, 7) is 0. The van der Waals surface area contributed by atoms with Gasteiger partial charge in [0.1, 0.15) is 0 Å². The highest BCUT2D eigenvalue weighted by atomic mass is 14.9. The Kier molecular flexibility index (Phi) is 2.35. The minimum atomic E-state index is 0.712. The summed E-state index contributed by atoms with van der Waals surface area (Å²) < 4.78 is 0. The molecule has 2 aliphatic rings. The predicted octanol–water partition coefficient (Wildman–Crippen LogP) is 3.55. The minimum absolute atomic E-state index is 0.712. The first-order chi connectivity index (χ1) is 7.43. The van der Waals surface area contributed by atoms with Gasteiger partial charge in [-0.25, -0.2) is 4.98 Å². The van der Waals surface area contributed by atoms with E-state index in [1.165, 1.54) is 50.6 Å². The summed E-state index contributed by atoms with van der Waals surface area (Å²) in [6, 6.07) is 0. The fourth-order valence-corrected chi connectivity index (χ4v) is 3.08. The molecule has 3 rings (SSSR count). The van der Waals surface area contributed by atoms with E-state index in [1.807, 2.05) is 6.20 Å². The average Bonchev–Trinajstić information content (AvgIpc) is 2.82. The second-order valence-corrected chi connectivity index (χ2v) is 4.86. The summed E-state index contributed by atoms with van der Waals surface area (Å²) in [4.78, 5) is 7.40. The molecule has 0 spiro atoms. The molecule has 15 heavy (non-hydrogen) atoms. The van der Waals surface area contributed by atoms with Crippen LogP contribution < -0.4 is 0 Å². The lowest BCUT2D eigenvalue weighted by Crippen LogP contribution is -2.12. The zero-order valence-electron chi connectivity index (χ0n) is 9.13. The summed E-state index contributed by atoms with van der Waals surface area (Å²) in [7, 11) is 0. The number of hydrogen-bond donors (Lipinski definition) is 1. The third kappa shape index (κ3) is 1.73. The number of rotatable bonds is 1. The van der Waals surface area contributed by atoms with E-state index < -0.39 is 0 Å². The van der Waals surface area contributed by atoms with Crippen molar-refractivity contribution >= 4 is 0 Å². The van der Waals surface area contributed by atoms with Crippen LogP contribution in [0.5, 0.6) is 0 Å². The van der Waals surface area contributed by atoms with E-state index in [2.05, 4.69) is 9.97 Å². The first-order valence-electron chi connectivity index (χ1n) is 6.11. The lowest BCUT2D eigenvalue weighted by molar-refractivity contribution is 0.503. The van der Waals surface area contributed by atoms with Crippen LogP contribution in [0.3, 0.4) is 0 Å². The number of nitrogens with zero attached hydrogens (tertiary/aromatic N) is 1. The van der Waals surface area contributed by atoms with E-state index >= 15 is 0 Å². The Morgan fingerprint density at radius 3 is 2.80 bits per heavy atom. The Balaban J connectivity index is 1.79. The Morgan fingerprint density at radius 1 is 1.13 bits per heavy atom. The standard InChI is InChI=1S/C13H18N2/c1-2-4-11-7-12(6-5-10(11)3-1)13-8-14-9-15-13/h8-9,12H,1-7H2,(H,14,15)/t12-/m1/s1. The van der Waals surface area contributed by atoms with Gasteiger partial charge in [-0.05, 0) is 44.9 Å². The molecule has 0 aliphatic heterocycles. The monoisotopic (exact) mass is 202 g/mol. The zero-order valence-corrected chi connectivity index (χ0v) is 9.13. The SMILES string of the molecule is c1ncc([C@@H]2CCC3=C(CCCC3)C2)[nH]1. The number of imidazole rings is 1. The van der Waals surface area contributed by atoms with E-state index in [-0.39, 0.29) is 0 Å². The van der Waals surface area contributed by atoms with Crippen molar-refractivity contribution in [1.82, 2.24) is 9.97 Å². The van der Waals surface area contributed by atoms with Gasteiger partial charge in [-0.15, -0.1) is 0 Å². The van der Waals surface area contributed by atoms with Crippen LogP contribution in [0.1, 0.15) is 56.6 Å². The Hall–Kier alpha value is -1.05. The fourth-order valence-electron chi connectivity index (χ4n) is 3.08. The van der Waals surface area contributed by atoms with Crippen LogP contribution in [-0.2, 0) is 0 Å². The molecule has 0 radical (unpaired) electrons. The van der Waals surface area contributed by atoms with E-state index in [9.17, 15) is 0 Å². The van der Waals surface area contributed by atoms with Crippen molar-refractivity contribution in [2.24, 2.45) is 0 Å². The second-order valence-electron chi connectivity index (χ2n) is 4.86. The fraction of sp³-hybridized carbons (Fsp3) is 0.615. The number of aromatic amines is 1. The topological polar surface area (TPSA) is 28.7 Å². The molecule has 1 heterocycles. The molecule has 0 unspecified atom stereocenters. The smallest absolute Gasteiger partial charge is 0.0921 e. The molecule has 0 saturated carbocycles. The van der Waals surface area contributed by atoms with Gasteiger partial charge in [0.05, 0.1) is 6.33 Å². The molecule has 0 amide bonds. The van der Waals surface area contributed by atoms with E-state index in [0.29, 0.717) is 5.92 Å². The largest absolute Gasteiger partial charge is 0.348 e. The van der Waals surface area contributed by atoms with E-state index in [0.717, 1.165) is 0 Å². The van der Waals surface area contributed by atoms with Crippen LogP contribution in [0.25, 0.3) is 0 Å². The van der Waals surface area contributed by atoms with Gasteiger partial charge in [0, 0.05) is 17.8 Å². The highest BCUT2D eigenvalue weighted by Gasteiger charge is 2.24. The molecule has 2 heteroatoms. The molecule has 80 valence electrons. The second kappa shape index (κ2) is 3.84. The summed E-state index contributed by atoms with van der Waals surface area (Å²) >= 11 is 0. The van der Waals surface area contributed by atoms with Crippen molar-refractivity contribution in [3.05, 3.63) is 29.4 Å². The van der Waals surface area contributed by atoms with E-state index in [1.54, 1.807) is 17.5 Å². The maximum atomic E-state index is 4.13. The van der Waals surface area contributed by atoms with Crippen LogP contribution in [0.4, 0.5) is 0 Å². The van der Waals surface area contributed by atoms with Crippen molar-refractivity contribution in [1.29, 1.82) is 0 Å². The van der Waals surface area contributed by atoms with E-state index in [4.69, 9.17) is 0 Å². The predicted molar refractivity (Wildman–Crippen MR) is 60.7 cm³/mol. The van der Waals surface area contributed by atoms with Crippen molar-refractivity contribution in [2.75, 3.05) is 0 Å². The molecule has 1 N–H and O–H groups in total. The lowest BCUT2D eigenvalue weighted by Gasteiger charge is -2.29. The minimum Gasteiger partial charge on any atom is -0.348 e. The van der Waals surface area contributed by atoms with Gasteiger partial charge in [-0.3, -0.25) is 0 Å². The average molecular weight is 202 g/mol. The Labute approximate surface area is 90.8 Å². The highest BCUT2D eigenvalue weighted by Crippen LogP contribution is 2.41. The number of aromatic nitrogens is 2. The Bertz CT molecular complexity index is 362. The molecule has 0 fully saturated rings. The maximum Gasteiger partial charge on any atom is 0.0921 e. The normalized spacial score (nSPS) is 26.5. The van der Waals surface area contributed by atoms with Crippen LogP contribution in [0.15, 0.2) is 23.7 Å². The molecular formula is C13H18N2. The maximum absolute atomic E-state index is 4.13. The summed E-state index contributed by atoms with van der Waals surface area (Å²) in [5, 5.41) is 0. The molecular weight excluding hydrogens is 184 g/mol. The molecule has 0 bridgehead atoms. The quantitative estimate of drug-likeness (QED) is 0.693. The van der Waals surface area contributed by atoms with Gasteiger partial charge >= 0.3 is 0 Å². The highest BCUT2D eigenvalue weighted by molar-refractivity contribution is 5.24. The molecule has 1 aromatic heterocycles. The summed E-state index contributed by atoms with van der Waals surface area (Å²) in [5.74, 6) is 0.712. The number of nitrogens with one attached hydrogen (secondary N) is 1. The van der Waals surface area contributed by atoms with Crippen molar-refractivity contribution in [3.63, 3.8) is 0 Å². The van der Waals surface area contributed by atoms with Crippen LogP contribution in [0, 0.1) is 0 Å². The lowest BCUT2D eigenvalue weighted by atomic mass is 9.76. The van der Waals surface area contributed by atoms with Crippen LogP contribution >= 0.6 is 0 Å². The molecule has 0 saturated heterocycles. The van der Waals surface area contributed by atoms with Gasteiger partial charge in [0.25, 0.3) is 0 Å². The molecule has 1 aromatic rings. The van der Waals surface area contributed by atoms with Crippen molar-refractivity contribution in [2.45, 2.75) is 50.9 Å². The third-order valence-corrected chi connectivity index (χ3v) is 3.95. The van der Waals surface area contributed by atoms with Gasteiger partial charge < -0.3 is 4.98 Å². The number of H-pyrrole nitrogens is 1. The van der Waals surface area contributed by atoms with Crippen LogP contribution in [-0.4, -0.2) is 9.97 Å². The summed E-state index contributed by atoms with van der Waals surface area (Å²) in [6.07, 6.45) is 13.3. The molecule has 1 atom stereocenters. The van der Waals surface area contributed by atoms with Gasteiger partial charge in [-0.1, -0.05) is 11.1 Å². The van der Waals surface area contributed by atoms with Crippen molar-refractivity contribution in [3.8, 4) is 0 Å². The molecule has 2 nitrogen and oxygen atoms in total. The van der Waals surface area contributed by atoms with Gasteiger partial charge in [0.2, 0.25) is 0 Å². The first kappa shape index (κ1) is 9.20. The first-order valence-corrected chi connectivity index (χ1v) is 6.11. The van der Waals surface area contributed by atoms with Crippen LogP contribution in [0.2, 0.25) is 0 Å². The molecule has 0 aromatic carbocycles. The third-order valence-electron chi connectivity index (χ3n) is 3.95.